The number of hydrogen-bond acceptors (Lipinski definition) is 3. The van der Waals surface area contributed by atoms with Gasteiger partial charge in [0.2, 0.25) is 10.0 Å². The first-order valence-corrected chi connectivity index (χ1v) is 10.9. The molecule has 156 valence electrons. The Labute approximate surface area is 175 Å². The first-order chi connectivity index (χ1) is 14.3. The van der Waals surface area contributed by atoms with Crippen LogP contribution >= 0.6 is 0 Å². The minimum Gasteiger partial charge on any atom is -0.478 e. The number of sulfonamides is 1. The number of carboxylic acids is 1. The molecule has 0 heterocycles. The van der Waals surface area contributed by atoms with Crippen LogP contribution in [0.3, 0.4) is 0 Å². The second kappa shape index (κ2) is 9.19. The van der Waals surface area contributed by atoms with E-state index in [-0.39, 0.29) is 17.0 Å². The molecule has 0 saturated carbocycles. The Morgan fingerprint density at radius 2 is 1.57 bits per heavy atom. The molecule has 0 bridgehead atoms. The summed E-state index contributed by atoms with van der Waals surface area (Å²) in [6.07, 6.45) is 0.525. The number of carboxylic acid groups (broad SMARTS) is 1. The third kappa shape index (κ3) is 4.75. The normalized spacial score (nSPS) is 12.6. The minimum atomic E-state index is -3.95. The molecule has 0 radical (unpaired) electrons. The summed E-state index contributed by atoms with van der Waals surface area (Å²) in [6.45, 7) is 1.95. The lowest BCUT2D eigenvalue weighted by Crippen LogP contribution is -2.34. The van der Waals surface area contributed by atoms with Gasteiger partial charge >= 0.3 is 5.97 Å². The van der Waals surface area contributed by atoms with Crippen molar-refractivity contribution in [3.63, 3.8) is 0 Å². The van der Waals surface area contributed by atoms with Crippen LogP contribution in [0.2, 0.25) is 0 Å². The summed E-state index contributed by atoms with van der Waals surface area (Å²) in [7, 11) is -3.95. The molecule has 3 aromatic carbocycles. The third-order valence-corrected chi connectivity index (χ3v) is 6.75. The van der Waals surface area contributed by atoms with Gasteiger partial charge in [-0.15, -0.1) is 0 Å². The lowest BCUT2D eigenvalue weighted by atomic mass is 10.0. The Balaban J connectivity index is 2.05. The highest BCUT2D eigenvalue weighted by atomic mass is 32.2. The average molecular weight is 427 g/mol. The van der Waals surface area contributed by atoms with Gasteiger partial charge in [0, 0.05) is 6.54 Å². The van der Waals surface area contributed by atoms with Crippen LogP contribution in [0.25, 0.3) is 0 Å². The van der Waals surface area contributed by atoms with Crippen LogP contribution in [0.5, 0.6) is 0 Å². The standard InChI is InChI=1S/C23H22FNO4S/c1-2-22(18-6-4-3-5-7-18)25(16-17-8-10-19(11-9-17)23(26)27)30(28,29)21-14-12-20(24)13-15-21/h3-15,22H,2,16H2,1H3,(H,26,27)/t22-/m0/s1. The molecule has 0 saturated heterocycles. The van der Waals surface area contributed by atoms with Crippen molar-refractivity contribution >= 4 is 16.0 Å². The van der Waals surface area contributed by atoms with E-state index in [1.54, 1.807) is 12.1 Å². The summed E-state index contributed by atoms with van der Waals surface area (Å²) in [5.41, 5.74) is 1.62. The Kier molecular flexibility index (Phi) is 6.64. The molecular weight excluding hydrogens is 405 g/mol. The Morgan fingerprint density at radius 1 is 0.967 bits per heavy atom. The minimum absolute atomic E-state index is 0.000405. The van der Waals surface area contributed by atoms with E-state index < -0.39 is 27.9 Å². The van der Waals surface area contributed by atoms with Gasteiger partial charge in [-0.1, -0.05) is 49.4 Å². The van der Waals surface area contributed by atoms with Crippen LogP contribution in [0.4, 0.5) is 4.39 Å². The van der Waals surface area contributed by atoms with Crippen LogP contribution in [0.15, 0.2) is 83.8 Å². The molecule has 0 unspecified atom stereocenters. The number of carbonyl (C=O) groups is 1. The molecule has 0 amide bonds. The molecule has 1 N–H and O–H groups in total. The molecule has 30 heavy (non-hydrogen) atoms. The summed E-state index contributed by atoms with van der Waals surface area (Å²) < 4.78 is 41.8. The zero-order valence-electron chi connectivity index (χ0n) is 16.4. The molecule has 1 atom stereocenters. The van der Waals surface area contributed by atoms with E-state index in [1.165, 1.54) is 28.6 Å². The fourth-order valence-electron chi connectivity index (χ4n) is 3.32. The number of nitrogens with zero attached hydrogens (tertiary/aromatic N) is 1. The van der Waals surface area contributed by atoms with Gasteiger partial charge in [0.05, 0.1) is 16.5 Å². The number of rotatable bonds is 8. The van der Waals surface area contributed by atoms with Crippen molar-refractivity contribution in [1.82, 2.24) is 4.31 Å². The summed E-state index contributed by atoms with van der Waals surface area (Å²) in [5.74, 6) is -1.56. The Hall–Kier alpha value is -3.03. The highest BCUT2D eigenvalue weighted by Crippen LogP contribution is 2.32. The zero-order valence-corrected chi connectivity index (χ0v) is 17.2. The van der Waals surface area contributed by atoms with Crippen molar-refractivity contribution in [2.45, 2.75) is 30.8 Å². The van der Waals surface area contributed by atoms with Gasteiger partial charge in [-0.3, -0.25) is 0 Å². The highest BCUT2D eigenvalue weighted by Gasteiger charge is 2.31. The maximum Gasteiger partial charge on any atom is 0.335 e. The molecule has 7 heteroatoms. The van der Waals surface area contributed by atoms with E-state index in [9.17, 15) is 17.6 Å². The second-order valence-corrected chi connectivity index (χ2v) is 8.73. The van der Waals surface area contributed by atoms with Gasteiger partial charge in [0.1, 0.15) is 5.82 Å². The second-order valence-electron chi connectivity index (χ2n) is 6.84. The molecule has 3 rings (SSSR count). The summed E-state index contributed by atoms with van der Waals surface area (Å²) in [4.78, 5) is 11.1. The van der Waals surface area contributed by atoms with Gasteiger partial charge in [-0.25, -0.2) is 17.6 Å². The van der Waals surface area contributed by atoms with Crippen molar-refractivity contribution in [3.05, 3.63) is 101 Å². The predicted octanol–water partition coefficient (Wildman–Crippen LogP) is 4.87. The van der Waals surface area contributed by atoms with E-state index >= 15 is 0 Å². The van der Waals surface area contributed by atoms with E-state index in [0.717, 1.165) is 17.7 Å². The SMILES string of the molecule is CC[C@@H](c1ccccc1)N(Cc1ccc(C(=O)O)cc1)S(=O)(=O)c1ccc(F)cc1. The fourth-order valence-corrected chi connectivity index (χ4v) is 4.99. The van der Waals surface area contributed by atoms with E-state index in [0.29, 0.717) is 12.0 Å². The van der Waals surface area contributed by atoms with Gasteiger partial charge in [0.15, 0.2) is 0 Å². The van der Waals surface area contributed by atoms with E-state index in [4.69, 9.17) is 5.11 Å². The predicted molar refractivity (Wildman–Crippen MR) is 112 cm³/mol. The molecule has 0 aliphatic heterocycles. The molecule has 3 aromatic rings. The lowest BCUT2D eigenvalue weighted by molar-refractivity contribution is 0.0697. The van der Waals surface area contributed by atoms with Crippen molar-refractivity contribution in [3.8, 4) is 0 Å². The van der Waals surface area contributed by atoms with Crippen LogP contribution in [0, 0.1) is 5.82 Å². The number of benzene rings is 3. The van der Waals surface area contributed by atoms with Gasteiger partial charge in [0.25, 0.3) is 0 Å². The lowest BCUT2D eigenvalue weighted by Gasteiger charge is -2.31. The topological polar surface area (TPSA) is 74.7 Å². The molecule has 0 aliphatic rings. The van der Waals surface area contributed by atoms with Gasteiger partial charge in [-0.05, 0) is 53.9 Å². The molecule has 5 nitrogen and oxygen atoms in total. The first-order valence-electron chi connectivity index (χ1n) is 9.47. The van der Waals surface area contributed by atoms with Crippen LogP contribution < -0.4 is 0 Å². The molecule has 0 spiro atoms. The summed E-state index contributed by atoms with van der Waals surface area (Å²) in [5, 5.41) is 9.10. The molecular formula is C23H22FNO4S. The summed E-state index contributed by atoms with van der Waals surface area (Å²) >= 11 is 0. The van der Waals surface area contributed by atoms with E-state index in [2.05, 4.69) is 0 Å². The van der Waals surface area contributed by atoms with Crippen molar-refractivity contribution < 1.29 is 22.7 Å². The number of halogens is 1. The van der Waals surface area contributed by atoms with Crippen LogP contribution in [-0.4, -0.2) is 23.8 Å². The zero-order chi connectivity index (χ0) is 21.7. The largest absolute Gasteiger partial charge is 0.478 e. The van der Waals surface area contributed by atoms with Gasteiger partial charge < -0.3 is 5.11 Å². The first kappa shape index (κ1) is 21.7. The summed E-state index contributed by atoms with van der Waals surface area (Å²) in [6, 6.07) is 19.7. The number of aromatic carboxylic acids is 1. The smallest absolute Gasteiger partial charge is 0.335 e. The maximum absolute atomic E-state index is 13.5. The molecule has 0 aliphatic carbocycles. The van der Waals surface area contributed by atoms with Gasteiger partial charge in [-0.2, -0.15) is 4.31 Å². The molecule has 0 fully saturated rings. The quantitative estimate of drug-likeness (QED) is 0.557. The van der Waals surface area contributed by atoms with Crippen molar-refractivity contribution in [2.24, 2.45) is 0 Å². The Bertz CT molecular complexity index is 1100. The average Bonchev–Trinajstić information content (AvgIpc) is 2.75. The monoisotopic (exact) mass is 427 g/mol. The van der Waals surface area contributed by atoms with Crippen LogP contribution in [-0.2, 0) is 16.6 Å². The van der Waals surface area contributed by atoms with Crippen molar-refractivity contribution in [1.29, 1.82) is 0 Å². The van der Waals surface area contributed by atoms with Crippen LogP contribution in [0.1, 0.15) is 40.9 Å². The number of hydrogen-bond donors (Lipinski definition) is 1. The third-order valence-electron chi connectivity index (χ3n) is 4.88. The highest BCUT2D eigenvalue weighted by molar-refractivity contribution is 7.89. The van der Waals surface area contributed by atoms with E-state index in [1.807, 2.05) is 37.3 Å². The van der Waals surface area contributed by atoms with Crippen molar-refractivity contribution in [2.75, 3.05) is 0 Å². The molecule has 0 aromatic heterocycles. The Morgan fingerprint density at radius 3 is 2.10 bits per heavy atom. The maximum atomic E-state index is 13.5. The fraction of sp³-hybridized carbons (Fsp3) is 0.174.